The summed E-state index contributed by atoms with van der Waals surface area (Å²) in [5, 5.41) is 5.56. The van der Waals surface area contributed by atoms with Gasteiger partial charge in [0.15, 0.2) is 17.0 Å². The Morgan fingerprint density at radius 2 is 2.15 bits per heavy atom. The molecule has 12 heteroatoms. The third-order valence-corrected chi connectivity index (χ3v) is 5.70. The van der Waals surface area contributed by atoms with Gasteiger partial charge in [-0.25, -0.2) is 9.78 Å². The Morgan fingerprint density at radius 1 is 1.32 bits per heavy atom. The van der Waals surface area contributed by atoms with Crippen LogP contribution in [-0.2, 0) is 17.5 Å². The summed E-state index contributed by atoms with van der Waals surface area (Å²) >= 11 is 6.05. The van der Waals surface area contributed by atoms with Crippen molar-refractivity contribution in [1.29, 1.82) is 0 Å². The number of nitrogens with zero attached hydrogens (tertiary/aromatic N) is 4. The van der Waals surface area contributed by atoms with Gasteiger partial charge in [0.05, 0.1) is 24.5 Å². The highest BCUT2D eigenvalue weighted by Gasteiger charge is 2.30. The molecule has 2 heterocycles. The highest BCUT2D eigenvalue weighted by molar-refractivity contribution is 6.28. The molecule has 180 valence electrons. The van der Waals surface area contributed by atoms with E-state index in [2.05, 4.69) is 25.6 Å². The molecular formula is C22H22ClF3N6O2. The average Bonchev–Trinajstić information content (AvgIpc) is 3.24. The molecule has 0 saturated heterocycles. The minimum absolute atomic E-state index is 0.0489. The van der Waals surface area contributed by atoms with E-state index in [9.17, 15) is 18.0 Å². The van der Waals surface area contributed by atoms with E-state index in [1.165, 1.54) is 12.1 Å². The van der Waals surface area contributed by atoms with Gasteiger partial charge in [-0.3, -0.25) is 0 Å². The van der Waals surface area contributed by atoms with Crippen molar-refractivity contribution in [2.75, 3.05) is 19.0 Å². The highest BCUT2D eigenvalue weighted by atomic mass is 35.5. The molecule has 8 nitrogen and oxygen atoms in total. The van der Waals surface area contributed by atoms with Crippen LogP contribution < -0.4 is 10.6 Å². The number of alkyl carbamates (subject to hydrolysis) is 1. The van der Waals surface area contributed by atoms with Gasteiger partial charge in [-0.1, -0.05) is 24.3 Å². The second-order valence-corrected chi connectivity index (χ2v) is 8.24. The van der Waals surface area contributed by atoms with Crippen LogP contribution in [0.3, 0.4) is 0 Å². The number of hydrogen-bond acceptors (Lipinski definition) is 6. The van der Waals surface area contributed by atoms with E-state index < -0.39 is 17.8 Å². The van der Waals surface area contributed by atoms with E-state index in [4.69, 9.17) is 16.3 Å². The fourth-order valence-corrected chi connectivity index (χ4v) is 4.03. The number of alkyl halides is 3. The van der Waals surface area contributed by atoms with Crippen molar-refractivity contribution in [2.24, 2.45) is 5.92 Å². The molecular weight excluding hydrogens is 473 g/mol. The summed E-state index contributed by atoms with van der Waals surface area (Å²) in [4.78, 5) is 24.9. The first-order valence-corrected chi connectivity index (χ1v) is 10.9. The number of rotatable bonds is 6. The van der Waals surface area contributed by atoms with E-state index in [0.29, 0.717) is 29.0 Å². The Morgan fingerprint density at radius 3 is 2.91 bits per heavy atom. The lowest BCUT2D eigenvalue weighted by Crippen LogP contribution is -2.27. The van der Waals surface area contributed by atoms with Gasteiger partial charge < -0.3 is 19.9 Å². The van der Waals surface area contributed by atoms with Crippen LogP contribution in [0.5, 0.6) is 0 Å². The molecule has 4 rings (SSSR count). The van der Waals surface area contributed by atoms with Gasteiger partial charge in [-0.2, -0.15) is 23.1 Å². The molecule has 2 N–H and O–H groups in total. The van der Waals surface area contributed by atoms with Crippen molar-refractivity contribution in [1.82, 2.24) is 24.8 Å². The predicted molar refractivity (Wildman–Crippen MR) is 120 cm³/mol. The van der Waals surface area contributed by atoms with Crippen LogP contribution >= 0.6 is 11.6 Å². The van der Waals surface area contributed by atoms with Gasteiger partial charge in [0, 0.05) is 13.6 Å². The molecule has 1 aromatic carbocycles. The van der Waals surface area contributed by atoms with E-state index in [-0.39, 0.29) is 30.4 Å². The summed E-state index contributed by atoms with van der Waals surface area (Å²) in [6.45, 7) is 0.102. The lowest BCUT2D eigenvalue weighted by atomic mass is 9.91. The van der Waals surface area contributed by atoms with Gasteiger partial charge >= 0.3 is 12.3 Å². The Bertz CT molecular complexity index is 1210. The third kappa shape index (κ3) is 5.41. The van der Waals surface area contributed by atoms with Crippen LogP contribution in [0.15, 0.2) is 42.7 Å². The molecule has 0 aliphatic heterocycles. The zero-order chi connectivity index (χ0) is 24.3. The highest BCUT2D eigenvalue weighted by Crippen LogP contribution is 2.32. The largest absolute Gasteiger partial charge is 0.449 e. The lowest BCUT2D eigenvalue weighted by Gasteiger charge is -2.25. The maximum absolute atomic E-state index is 12.8. The minimum Gasteiger partial charge on any atom is -0.449 e. The van der Waals surface area contributed by atoms with Gasteiger partial charge in [-0.15, -0.1) is 0 Å². The molecule has 1 aliphatic carbocycles. The van der Waals surface area contributed by atoms with Crippen LogP contribution in [0.4, 0.5) is 23.8 Å². The van der Waals surface area contributed by atoms with Crippen molar-refractivity contribution in [3.8, 4) is 0 Å². The molecule has 0 spiro atoms. The number of hydrogen-bond donors (Lipinski definition) is 2. The topological polar surface area (TPSA) is 94.0 Å². The smallest absolute Gasteiger partial charge is 0.416 e. The standard InChI is InChI=1S/C22H22ClF3N6O2/c1-27-18-17-19(31-20(23)30-18)32(12-29-17)16-7-3-5-14(9-16)11-34-21(33)28-10-13-4-2-6-15(8-13)22(24,25)26/h2-4,6-8,12,14,16H,5,9-11H2,1H3,(H,28,33)(H,27,30,31). The number of halogens is 4. The number of carbonyl (C=O) groups excluding carboxylic acids is 1. The second-order valence-electron chi connectivity index (χ2n) is 7.90. The molecule has 34 heavy (non-hydrogen) atoms. The fraction of sp³-hybridized carbons (Fsp3) is 0.364. The average molecular weight is 495 g/mol. The van der Waals surface area contributed by atoms with Crippen LogP contribution in [0.1, 0.15) is 30.0 Å². The number of amides is 1. The van der Waals surface area contributed by atoms with Crippen LogP contribution in [0.2, 0.25) is 5.28 Å². The zero-order valence-corrected chi connectivity index (χ0v) is 18.9. The minimum atomic E-state index is -4.44. The molecule has 0 radical (unpaired) electrons. The number of nitrogens with one attached hydrogen (secondary N) is 2. The van der Waals surface area contributed by atoms with Crippen LogP contribution in [-0.4, -0.2) is 39.3 Å². The Balaban J connectivity index is 1.33. The van der Waals surface area contributed by atoms with E-state index in [1.807, 2.05) is 16.7 Å². The summed E-state index contributed by atoms with van der Waals surface area (Å²) < 4.78 is 45.7. The van der Waals surface area contributed by atoms with E-state index in [1.54, 1.807) is 13.4 Å². The van der Waals surface area contributed by atoms with Gasteiger partial charge in [0.25, 0.3) is 0 Å². The van der Waals surface area contributed by atoms with Crippen LogP contribution in [0, 0.1) is 5.92 Å². The van der Waals surface area contributed by atoms with Crippen LogP contribution in [0.25, 0.3) is 11.2 Å². The first kappa shape index (κ1) is 23.8. The van der Waals surface area contributed by atoms with Crippen molar-refractivity contribution in [3.05, 3.63) is 59.2 Å². The van der Waals surface area contributed by atoms with Crippen molar-refractivity contribution in [3.63, 3.8) is 0 Å². The Labute approximate surface area is 198 Å². The van der Waals surface area contributed by atoms with Crippen molar-refractivity contribution in [2.45, 2.75) is 31.6 Å². The Hall–Kier alpha value is -3.34. The lowest BCUT2D eigenvalue weighted by molar-refractivity contribution is -0.137. The molecule has 2 aromatic heterocycles. The predicted octanol–water partition coefficient (Wildman–Crippen LogP) is 4.97. The summed E-state index contributed by atoms with van der Waals surface area (Å²) in [7, 11) is 1.73. The summed E-state index contributed by atoms with van der Waals surface area (Å²) in [5.74, 6) is 0.582. The number of aromatic nitrogens is 4. The van der Waals surface area contributed by atoms with E-state index >= 15 is 0 Å². The SMILES string of the molecule is CNc1nc(Cl)nc2c1ncn2C1C=CCC(COC(=O)NCc2cccc(C(F)(F)F)c2)C1. The number of imidazole rings is 1. The first-order chi connectivity index (χ1) is 16.2. The molecule has 2 unspecified atom stereocenters. The maximum Gasteiger partial charge on any atom is 0.416 e. The monoisotopic (exact) mass is 494 g/mol. The summed E-state index contributed by atoms with van der Waals surface area (Å²) in [6, 6.07) is 4.74. The molecule has 3 aromatic rings. The van der Waals surface area contributed by atoms with Crippen molar-refractivity contribution >= 4 is 34.7 Å². The van der Waals surface area contributed by atoms with Gasteiger partial charge in [0.2, 0.25) is 5.28 Å². The quantitative estimate of drug-likeness (QED) is 0.371. The molecule has 1 amide bonds. The van der Waals surface area contributed by atoms with Crippen molar-refractivity contribution < 1.29 is 22.7 Å². The third-order valence-electron chi connectivity index (χ3n) is 5.53. The second kappa shape index (κ2) is 9.88. The molecule has 2 atom stereocenters. The number of allylic oxidation sites excluding steroid dienone is 2. The number of carbonyl (C=O) groups is 1. The molecule has 0 bridgehead atoms. The number of ether oxygens (including phenoxy) is 1. The number of benzene rings is 1. The van der Waals surface area contributed by atoms with Gasteiger partial charge in [-0.05, 0) is 48.1 Å². The molecule has 0 saturated carbocycles. The molecule has 1 aliphatic rings. The Kier molecular flexibility index (Phi) is 6.92. The number of fused-ring (bicyclic) bond motifs is 1. The maximum atomic E-state index is 12.8. The molecule has 0 fully saturated rings. The first-order valence-electron chi connectivity index (χ1n) is 10.6. The van der Waals surface area contributed by atoms with Gasteiger partial charge in [0.1, 0.15) is 0 Å². The fourth-order valence-electron chi connectivity index (χ4n) is 3.87. The van der Waals surface area contributed by atoms with E-state index in [0.717, 1.165) is 18.6 Å². The number of anilines is 1. The summed E-state index contributed by atoms with van der Waals surface area (Å²) in [5.41, 5.74) is 0.772. The zero-order valence-electron chi connectivity index (χ0n) is 18.1. The summed E-state index contributed by atoms with van der Waals surface area (Å²) in [6.07, 6.45) is 2.01. The normalized spacial score (nSPS) is 18.1.